The van der Waals surface area contributed by atoms with Gasteiger partial charge in [-0.1, -0.05) is 18.2 Å². The molecule has 0 aliphatic rings. The smallest absolute Gasteiger partial charge is 0.257 e. The monoisotopic (exact) mass is 364 g/mol. The van der Waals surface area contributed by atoms with E-state index in [0.29, 0.717) is 5.69 Å². The molecular weight excluding hydrogens is 348 g/mol. The summed E-state index contributed by atoms with van der Waals surface area (Å²) in [7, 11) is -3.79. The van der Waals surface area contributed by atoms with Gasteiger partial charge in [-0.05, 0) is 48.6 Å². The van der Waals surface area contributed by atoms with Crippen LogP contribution in [-0.4, -0.2) is 19.4 Å². The summed E-state index contributed by atoms with van der Waals surface area (Å²) in [6.45, 7) is 1.37. The number of para-hydroxylation sites is 1. The molecule has 0 saturated carbocycles. The highest BCUT2D eigenvalue weighted by Gasteiger charge is 2.14. The summed E-state index contributed by atoms with van der Waals surface area (Å²) in [4.78, 5) is 13.2. The fourth-order valence-electron chi connectivity index (χ4n) is 1.78. The first-order valence-corrected chi connectivity index (χ1v) is 8.77. The van der Waals surface area contributed by atoms with E-state index in [-0.39, 0.29) is 15.9 Å². The standard InChI is InChI=1S/C15H16N4O3S2/c1-11(20)16-13-7-9-14(10-8-13)24(21,22)19-18-15(23)17-12-5-3-2-4-6-12/h2-10,19H,1H3,(H,16,20)(H2,17,18,23). The van der Waals surface area contributed by atoms with E-state index in [1.165, 1.54) is 31.2 Å². The summed E-state index contributed by atoms with van der Waals surface area (Å²) in [6.07, 6.45) is 0. The summed E-state index contributed by atoms with van der Waals surface area (Å²) in [5.74, 6) is -0.234. The zero-order chi connectivity index (χ0) is 17.6. The molecule has 0 radical (unpaired) electrons. The SMILES string of the molecule is CC(=O)Nc1ccc(S(=O)(=O)NNC(=S)Nc2ccccc2)cc1. The Balaban J connectivity index is 1.95. The molecule has 0 bridgehead atoms. The van der Waals surface area contributed by atoms with Gasteiger partial charge in [-0.25, -0.2) is 8.42 Å². The molecule has 4 N–H and O–H groups in total. The van der Waals surface area contributed by atoms with Gasteiger partial charge in [0.05, 0.1) is 4.90 Å². The Kier molecular flexibility index (Phi) is 5.85. The molecule has 0 saturated heterocycles. The zero-order valence-electron chi connectivity index (χ0n) is 12.7. The molecule has 2 aromatic carbocycles. The summed E-state index contributed by atoms with van der Waals surface area (Å²) in [5.41, 5.74) is 3.67. The largest absolute Gasteiger partial charge is 0.332 e. The highest BCUT2D eigenvalue weighted by atomic mass is 32.2. The molecule has 0 fully saturated rings. The van der Waals surface area contributed by atoms with Crippen LogP contribution in [0.15, 0.2) is 59.5 Å². The highest BCUT2D eigenvalue weighted by molar-refractivity contribution is 7.89. The van der Waals surface area contributed by atoms with Crippen LogP contribution >= 0.6 is 12.2 Å². The van der Waals surface area contributed by atoms with Crippen molar-refractivity contribution < 1.29 is 13.2 Å². The Labute approximate surface area is 145 Å². The Hall–Kier alpha value is -2.49. The van der Waals surface area contributed by atoms with Crippen LogP contribution in [0.1, 0.15) is 6.92 Å². The lowest BCUT2D eigenvalue weighted by Gasteiger charge is -2.12. The molecule has 2 rings (SSSR count). The molecule has 0 spiro atoms. The second-order valence-electron chi connectivity index (χ2n) is 4.76. The van der Waals surface area contributed by atoms with Crippen LogP contribution in [0.4, 0.5) is 11.4 Å². The summed E-state index contributed by atoms with van der Waals surface area (Å²) in [5, 5.41) is 5.51. The lowest BCUT2D eigenvalue weighted by Crippen LogP contribution is -2.43. The molecule has 0 aliphatic heterocycles. The fraction of sp³-hybridized carbons (Fsp3) is 0.0667. The van der Waals surface area contributed by atoms with Crippen molar-refractivity contribution in [1.82, 2.24) is 10.3 Å². The van der Waals surface area contributed by atoms with Crippen LogP contribution in [0.25, 0.3) is 0 Å². The second kappa shape index (κ2) is 7.86. The number of hydrogen-bond acceptors (Lipinski definition) is 4. The first-order chi connectivity index (χ1) is 11.4. The predicted molar refractivity (Wildman–Crippen MR) is 96.9 cm³/mol. The van der Waals surface area contributed by atoms with E-state index in [4.69, 9.17) is 12.2 Å². The van der Waals surface area contributed by atoms with E-state index in [1.54, 1.807) is 12.1 Å². The number of carbonyl (C=O) groups excluding carboxylic acids is 1. The number of benzene rings is 2. The van der Waals surface area contributed by atoms with Gasteiger partial charge in [0.25, 0.3) is 10.0 Å². The average Bonchev–Trinajstić information content (AvgIpc) is 2.54. The molecule has 0 atom stereocenters. The predicted octanol–water partition coefficient (Wildman–Crippen LogP) is 1.82. The van der Waals surface area contributed by atoms with Crippen molar-refractivity contribution in [2.24, 2.45) is 0 Å². The molecule has 7 nitrogen and oxygen atoms in total. The minimum absolute atomic E-state index is 0.0339. The van der Waals surface area contributed by atoms with Gasteiger partial charge >= 0.3 is 0 Å². The Morgan fingerprint density at radius 1 is 0.917 bits per heavy atom. The van der Waals surface area contributed by atoms with E-state index in [0.717, 1.165) is 5.69 Å². The summed E-state index contributed by atoms with van der Waals surface area (Å²) >= 11 is 5.03. The minimum Gasteiger partial charge on any atom is -0.332 e. The number of amides is 1. The number of anilines is 2. The van der Waals surface area contributed by atoms with Gasteiger partial charge in [0, 0.05) is 18.3 Å². The lowest BCUT2D eigenvalue weighted by atomic mass is 10.3. The molecular formula is C15H16N4O3S2. The van der Waals surface area contributed by atoms with Crippen molar-refractivity contribution in [3.8, 4) is 0 Å². The molecule has 2 aromatic rings. The number of nitrogens with one attached hydrogen (secondary N) is 4. The third kappa shape index (κ3) is 5.30. The van der Waals surface area contributed by atoms with Crippen molar-refractivity contribution in [2.45, 2.75) is 11.8 Å². The van der Waals surface area contributed by atoms with E-state index < -0.39 is 10.0 Å². The molecule has 0 heterocycles. The third-order valence-corrected chi connectivity index (χ3v) is 4.28. The van der Waals surface area contributed by atoms with Crippen molar-refractivity contribution in [3.63, 3.8) is 0 Å². The summed E-state index contributed by atoms with van der Waals surface area (Å²) in [6, 6.07) is 14.8. The van der Waals surface area contributed by atoms with E-state index in [1.807, 2.05) is 18.2 Å². The van der Waals surface area contributed by atoms with Gasteiger partial charge in [-0.2, -0.15) is 0 Å². The van der Waals surface area contributed by atoms with Gasteiger partial charge in [0.2, 0.25) is 5.91 Å². The summed E-state index contributed by atoms with van der Waals surface area (Å²) < 4.78 is 24.3. The van der Waals surface area contributed by atoms with E-state index >= 15 is 0 Å². The van der Waals surface area contributed by atoms with Gasteiger partial charge in [0.15, 0.2) is 5.11 Å². The first-order valence-electron chi connectivity index (χ1n) is 6.88. The first kappa shape index (κ1) is 17.9. The topological polar surface area (TPSA) is 99.3 Å². The fourth-order valence-corrected chi connectivity index (χ4v) is 2.86. The van der Waals surface area contributed by atoms with Crippen molar-refractivity contribution in [1.29, 1.82) is 0 Å². The quantitative estimate of drug-likeness (QED) is 0.477. The van der Waals surface area contributed by atoms with Crippen molar-refractivity contribution >= 4 is 44.6 Å². The Morgan fingerprint density at radius 2 is 1.50 bits per heavy atom. The minimum atomic E-state index is -3.79. The molecule has 126 valence electrons. The maximum Gasteiger partial charge on any atom is 0.257 e. The lowest BCUT2D eigenvalue weighted by molar-refractivity contribution is -0.114. The molecule has 0 aromatic heterocycles. The number of rotatable bonds is 5. The number of sulfonamides is 1. The van der Waals surface area contributed by atoms with Crippen LogP contribution in [0, 0.1) is 0 Å². The molecule has 1 amide bonds. The number of hydrogen-bond donors (Lipinski definition) is 4. The van der Waals surface area contributed by atoms with E-state index in [9.17, 15) is 13.2 Å². The van der Waals surface area contributed by atoms with Crippen LogP contribution in [0.5, 0.6) is 0 Å². The van der Waals surface area contributed by atoms with Crippen LogP contribution in [0.2, 0.25) is 0 Å². The maximum absolute atomic E-state index is 12.2. The van der Waals surface area contributed by atoms with Crippen LogP contribution < -0.4 is 20.9 Å². The molecule has 24 heavy (non-hydrogen) atoms. The number of carbonyl (C=O) groups is 1. The van der Waals surface area contributed by atoms with Gasteiger partial charge in [0.1, 0.15) is 0 Å². The maximum atomic E-state index is 12.2. The van der Waals surface area contributed by atoms with Gasteiger partial charge in [-0.3, -0.25) is 10.2 Å². The van der Waals surface area contributed by atoms with Gasteiger partial charge in [-0.15, -0.1) is 4.83 Å². The third-order valence-electron chi connectivity index (χ3n) is 2.82. The van der Waals surface area contributed by atoms with Crippen LogP contribution in [-0.2, 0) is 14.8 Å². The molecule has 0 unspecified atom stereocenters. The second-order valence-corrected chi connectivity index (χ2v) is 6.85. The Bertz CT molecular complexity index is 822. The Morgan fingerprint density at radius 3 is 2.08 bits per heavy atom. The normalized spacial score (nSPS) is 10.7. The zero-order valence-corrected chi connectivity index (χ0v) is 14.4. The average molecular weight is 364 g/mol. The molecule has 0 aliphatic carbocycles. The highest BCUT2D eigenvalue weighted by Crippen LogP contribution is 2.13. The van der Waals surface area contributed by atoms with Crippen molar-refractivity contribution in [3.05, 3.63) is 54.6 Å². The van der Waals surface area contributed by atoms with Crippen molar-refractivity contribution in [2.75, 3.05) is 10.6 Å². The number of hydrazine groups is 1. The van der Waals surface area contributed by atoms with Gasteiger partial charge < -0.3 is 10.6 Å². The van der Waals surface area contributed by atoms with Crippen LogP contribution in [0.3, 0.4) is 0 Å². The molecule has 9 heteroatoms. The van der Waals surface area contributed by atoms with E-state index in [2.05, 4.69) is 20.9 Å². The number of thiocarbonyl (C=S) groups is 1.